The molecule has 0 aliphatic carbocycles. The van der Waals surface area contributed by atoms with Gasteiger partial charge in [-0.2, -0.15) is 0 Å². The standard InChI is InChI=1S/C14H11N3O4/c1-7-6-10(17-21-7)16-14(20)11-12(18)8-4-2-3-5-9(8)15-13(11)19/h2-6H,1H3,(H2,15,18,19)(H,16,17,20). The second-order valence-electron chi connectivity index (χ2n) is 4.50. The molecule has 0 aliphatic rings. The lowest BCUT2D eigenvalue weighted by atomic mass is 10.1. The number of anilines is 1. The normalized spacial score (nSPS) is 10.7. The Morgan fingerprint density at radius 2 is 2.14 bits per heavy atom. The number of fused-ring (bicyclic) bond motifs is 1. The molecule has 0 radical (unpaired) electrons. The molecule has 2 aromatic heterocycles. The average molecular weight is 285 g/mol. The van der Waals surface area contributed by atoms with Crippen LogP contribution in [0.3, 0.4) is 0 Å². The third-order valence-electron chi connectivity index (χ3n) is 2.99. The highest BCUT2D eigenvalue weighted by atomic mass is 16.5. The van der Waals surface area contributed by atoms with Crippen molar-refractivity contribution in [1.29, 1.82) is 0 Å². The molecule has 3 N–H and O–H groups in total. The molecule has 0 bridgehead atoms. The summed E-state index contributed by atoms with van der Waals surface area (Å²) in [5.74, 6) is -0.439. The Morgan fingerprint density at radius 1 is 1.38 bits per heavy atom. The van der Waals surface area contributed by atoms with E-state index in [0.29, 0.717) is 16.7 Å². The zero-order valence-corrected chi connectivity index (χ0v) is 11.0. The molecular weight excluding hydrogens is 274 g/mol. The van der Waals surface area contributed by atoms with Gasteiger partial charge in [-0.1, -0.05) is 17.3 Å². The molecular formula is C14H11N3O4. The van der Waals surface area contributed by atoms with E-state index in [2.05, 4.69) is 15.5 Å². The number of aromatic nitrogens is 2. The lowest BCUT2D eigenvalue weighted by Gasteiger charge is -2.06. The van der Waals surface area contributed by atoms with E-state index in [4.69, 9.17) is 4.52 Å². The quantitative estimate of drug-likeness (QED) is 0.665. The minimum atomic E-state index is -0.757. The van der Waals surface area contributed by atoms with Crippen LogP contribution in [0.15, 0.2) is 39.6 Å². The molecule has 0 atom stereocenters. The van der Waals surface area contributed by atoms with Gasteiger partial charge in [0, 0.05) is 11.5 Å². The second kappa shape index (κ2) is 4.78. The molecule has 1 amide bonds. The number of hydrogen-bond acceptors (Lipinski definition) is 5. The van der Waals surface area contributed by atoms with E-state index in [9.17, 15) is 14.7 Å². The molecule has 7 nitrogen and oxygen atoms in total. The molecule has 2 heterocycles. The van der Waals surface area contributed by atoms with Crippen LogP contribution in [-0.4, -0.2) is 21.2 Å². The van der Waals surface area contributed by atoms with Gasteiger partial charge in [-0.25, -0.2) is 0 Å². The zero-order valence-electron chi connectivity index (χ0n) is 11.0. The third-order valence-corrected chi connectivity index (χ3v) is 2.99. The van der Waals surface area contributed by atoms with Crippen LogP contribution in [0.2, 0.25) is 0 Å². The van der Waals surface area contributed by atoms with Crippen molar-refractivity contribution in [2.45, 2.75) is 6.92 Å². The summed E-state index contributed by atoms with van der Waals surface area (Å²) < 4.78 is 4.82. The fourth-order valence-electron chi connectivity index (χ4n) is 2.04. The topological polar surface area (TPSA) is 108 Å². The Kier molecular flexibility index (Phi) is 2.94. The summed E-state index contributed by atoms with van der Waals surface area (Å²) in [4.78, 5) is 26.7. The minimum Gasteiger partial charge on any atom is -0.506 e. The van der Waals surface area contributed by atoms with Gasteiger partial charge in [0.15, 0.2) is 5.82 Å². The number of carbonyl (C=O) groups excluding carboxylic acids is 1. The summed E-state index contributed by atoms with van der Waals surface area (Å²) in [6.45, 7) is 1.67. The van der Waals surface area contributed by atoms with Crippen molar-refractivity contribution < 1.29 is 14.4 Å². The van der Waals surface area contributed by atoms with Gasteiger partial charge in [-0.3, -0.25) is 9.59 Å². The first-order valence-electron chi connectivity index (χ1n) is 6.15. The highest BCUT2D eigenvalue weighted by Gasteiger charge is 2.20. The highest BCUT2D eigenvalue weighted by Crippen LogP contribution is 2.24. The monoisotopic (exact) mass is 285 g/mol. The molecule has 3 rings (SSSR count). The first kappa shape index (κ1) is 12.9. The number of amides is 1. The van der Waals surface area contributed by atoms with Crippen molar-refractivity contribution in [1.82, 2.24) is 10.1 Å². The smallest absolute Gasteiger partial charge is 0.266 e. The van der Waals surface area contributed by atoms with Crippen LogP contribution in [0.25, 0.3) is 10.9 Å². The number of H-pyrrole nitrogens is 1. The van der Waals surface area contributed by atoms with Gasteiger partial charge in [-0.15, -0.1) is 0 Å². The first-order chi connectivity index (χ1) is 10.1. The molecule has 0 aliphatic heterocycles. The Hall–Kier alpha value is -3.09. The fourth-order valence-corrected chi connectivity index (χ4v) is 2.04. The summed E-state index contributed by atoms with van der Waals surface area (Å²) in [7, 11) is 0. The number of aromatic hydroxyl groups is 1. The molecule has 0 spiro atoms. The SMILES string of the molecule is Cc1cc(NC(=O)c2c(O)c3ccccc3[nH]c2=O)no1. The number of aromatic amines is 1. The van der Waals surface area contributed by atoms with Crippen LogP contribution in [0, 0.1) is 6.92 Å². The van der Waals surface area contributed by atoms with Crippen molar-refractivity contribution in [3.8, 4) is 5.75 Å². The number of para-hydroxylation sites is 1. The molecule has 7 heteroatoms. The Bertz CT molecular complexity index is 895. The van der Waals surface area contributed by atoms with E-state index < -0.39 is 11.5 Å². The lowest BCUT2D eigenvalue weighted by Crippen LogP contribution is -2.23. The Morgan fingerprint density at radius 3 is 2.86 bits per heavy atom. The van der Waals surface area contributed by atoms with Gasteiger partial charge in [0.05, 0.1) is 5.52 Å². The summed E-state index contributed by atoms with van der Waals surface area (Å²) in [6.07, 6.45) is 0. The minimum absolute atomic E-state index is 0.171. The van der Waals surface area contributed by atoms with Gasteiger partial charge < -0.3 is 19.9 Å². The van der Waals surface area contributed by atoms with E-state index in [1.807, 2.05) is 0 Å². The summed E-state index contributed by atoms with van der Waals surface area (Å²) in [6, 6.07) is 8.17. The van der Waals surface area contributed by atoms with Crippen LogP contribution >= 0.6 is 0 Å². The number of carbonyl (C=O) groups is 1. The van der Waals surface area contributed by atoms with E-state index >= 15 is 0 Å². The van der Waals surface area contributed by atoms with Crippen LogP contribution in [0.5, 0.6) is 5.75 Å². The molecule has 106 valence electrons. The second-order valence-corrected chi connectivity index (χ2v) is 4.50. The van der Waals surface area contributed by atoms with Gasteiger partial charge in [0.2, 0.25) is 0 Å². The summed E-state index contributed by atoms with van der Waals surface area (Å²) in [5.41, 5.74) is -0.591. The largest absolute Gasteiger partial charge is 0.506 e. The number of benzene rings is 1. The predicted octanol–water partition coefficient (Wildman–Crippen LogP) is 1.78. The van der Waals surface area contributed by atoms with Gasteiger partial charge in [0.25, 0.3) is 11.5 Å². The van der Waals surface area contributed by atoms with Crippen molar-refractivity contribution in [3.05, 3.63) is 52.0 Å². The van der Waals surface area contributed by atoms with Crippen molar-refractivity contribution in [2.24, 2.45) is 0 Å². The van der Waals surface area contributed by atoms with E-state index in [1.54, 1.807) is 31.2 Å². The van der Waals surface area contributed by atoms with E-state index in [1.165, 1.54) is 6.07 Å². The molecule has 0 saturated carbocycles. The number of hydrogen-bond donors (Lipinski definition) is 3. The van der Waals surface area contributed by atoms with Gasteiger partial charge in [0.1, 0.15) is 17.1 Å². The van der Waals surface area contributed by atoms with Gasteiger partial charge in [-0.05, 0) is 19.1 Å². The molecule has 3 aromatic rings. The number of rotatable bonds is 2. The van der Waals surface area contributed by atoms with E-state index in [0.717, 1.165) is 0 Å². The zero-order chi connectivity index (χ0) is 15.0. The number of nitrogens with zero attached hydrogens (tertiary/aromatic N) is 1. The Balaban J connectivity index is 2.07. The van der Waals surface area contributed by atoms with Crippen molar-refractivity contribution >= 4 is 22.6 Å². The summed E-state index contributed by atoms with van der Waals surface area (Å²) >= 11 is 0. The maximum Gasteiger partial charge on any atom is 0.266 e. The number of nitrogens with one attached hydrogen (secondary N) is 2. The summed E-state index contributed by atoms with van der Waals surface area (Å²) in [5, 5.41) is 16.6. The van der Waals surface area contributed by atoms with Crippen LogP contribution in [-0.2, 0) is 0 Å². The molecule has 21 heavy (non-hydrogen) atoms. The fraction of sp³-hybridized carbons (Fsp3) is 0.0714. The molecule has 0 saturated heterocycles. The molecule has 1 aromatic carbocycles. The Labute approximate surface area is 118 Å². The molecule has 0 fully saturated rings. The number of pyridine rings is 1. The average Bonchev–Trinajstić information content (AvgIpc) is 2.84. The lowest BCUT2D eigenvalue weighted by molar-refractivity contribution is 0.102. The third kappa shape index (κ3) is 2.25. The van der Waals surface area contributed by atoms with Crippen LogP contribution in [0.1, 0.15) is 16.1 Å². The van der Waals surface area contributed by atoms with Crippen molar-refractivity contribution in [2.75, 3.05) is 5.32 Å². The maximum atomic E-state index is 12.1. The first-order valence-corrected chi connectivity index (χ1v) is 6.15. The number of aryl methyl sites for hydroxylation is 1. The molecule has 0 unspecified atom stereocenters. The highest BCUT2D eigenvalue weighted by molar-refractivity contribution is 6.08. The maximum absolute atomic E-state index is 12.1. The van der Waals surface area contributed by atoms with Crippen LogP contribution < -0.4 is 10.9 Å². The van der Waals surface area contributed by atoms with Crippen LogP contribution in [0.4, 0.5) is 5.82 Å². The van der Waals surface area contributed by atoms with Crippen molar-refractivity contribution in [3.63, 3.8) is 0 Å². The van der Waals surface area contributed by atoms with E-state index in [-0.39, 0.29) is 17.1 Å². The predicted molar refractivity (Wildman–Crippen MR) is 75.4 cm³/mol. The van der Waals surface area contributed by atoms with Gasteiger partial charge >= 0.3 is 0 Å².